The second-order valence-electron chi connectivity index (χ2n) is 3.14. The number of benzene rings is 1. The molecule has 0 saturated carbocycles. The molecule has 0 aliphatic carbocycles. The summed E-state index contributed by atoms with van der Waals surface area (Å²) in [6, 6.07) is 8.10. The number of carbonyl (C=O) groups is 1. The van der Waals surface area contributed by atoms with E-state index < -0.39 is 0 Å². The molecule has 1 nitrogen and oxygen atoms in total. The van der Waals surface area contributed by atoms with E-state index in [9.17, 15) is 4.79 Å². The van der Waals surface area contributed by atoms with Gasteiger partial charge in [-0.15, -0.1) is 0 Å². The molecule has 0 fully saturated rings. The van der Waals surface area contributed by atoms with Crippen LogP contribution in [0.4, 0.5) is 0 Å². The maximum atomic E-state index is 10.6. The molecule has 0 aromatic heterocycles. The van der Waals surface area contributed by atoms with Gasteiger partial charge in [-0.25, -0.2) is 0 Å². The lowest BCUT2D eigenvalue weighted by Gasteiger charge is -2.06. The third-order valence-corrected chi connectivity index (χ3v) is 2.60. The van der Waals surface area contributed by atoms with Crippen LogP contribution in [0.1, 0.15) is 18.9 Å². The molecule has 0 bridgehead atoms. The van der Waals surface area contributed by atoms with Crippen molar-refractivity contribution in [2.75, 3.05) is 0 Å². The number of rotatable bonds is 4. The Morgan fingerprint density at radius 1 is 1.54 bits per heavy atom. The van der Waals surface area contributed by atoms with Gasteiger partial charge >= 0.3 is 0 Å². The van der Waals surface area contributed by atoms with Crippen molar-refractivity contribution in [3.05, 3.63) is 34.3 Å². The van der Waals surface area contributed by atoms with Gasteiger partial charge in [0.25, 0.3) is 0 Å². The Hall–Kier alpha value is -0.630. The first-order valence-electron chi connectivity index (χ1n) is 4.46. The smallest absolute Gasteiger partial charge is 0.123 e. The maximum absolute atomic E-state index is 10.6. The van der Waals surface area contributed by atoms with Gasteiger partial charge in [-0.2, -0.15) is 0 Å². The van der Waals surface area contributed by atoms with Crippen LogP contribution in [0.3, 0.4) is 0 Å². The zero-order valence-corrected chi connectivity index (χ0v) is 9.25. The Morgan fingerprint density at radius 3 is 2.85 bits per heavy atom. The van der Waals surface area contributed by atoms with Gasteiger partial charge in [0, 0.05) is 10.4 Å². The van der Waals surface area contributed by atoms with Crippen LogP contribution in [-0.4, -0.2) is 6.29 Å². The summed E-state index contributed by atoms with van der Waals surface area (Å²) in [4.78, 5) is 10.6. The molecule has 1 aromatic rings. The SMILES string of the molecule is CCC(C=O)Cc1cccc(Br)c1. The fourth-order valence-electron chi connectivity index (χ4n) is 1.26. The van der Waals surface area contributed by atoms with Crippen LogP contribution in [0.15, 0.2) is 28.7 Å². The van der Waals surface area contributed by atoms with Crippen LogP contribution in [0.2, 0.25) is 0 Å². The molecule has 1 aromatic carbocycles. The van der Waals surface area contributed by atoms with E-state index in [1.54, 1.807) is 0 Å². The molecule has 0 radical (unpaired) electrons. The molecule has 0 heterocycles. The van der Waals surface area contributed by atoms with Crippen LogP contribution < -0.4 is 0 Å². The minimum absolute atomic E-state index is 0.161. The van der Waals surface area contributed by atoms with Crippen molar-refractivity contribution in [1.82, 2.24) is 0 Å². The first-order valence-corrected chi connectivity index (χ1v) is 5.25. The number of hydrogen-bond acceptors (Lipinski definition) is 1. The molecule has 0 aliphatic rings. The number of carbonyl (C=O) groups excluding carboxylic acids is 1. The van der Waals surface area contributed by atoms with Crippen LogP contribution in [0.5, 0.6) is 0 Å². The summed E-state index contributed by atoms with van der Waals surface area (Å²) >= 11 is 3.41. The van der Waals surface area contributed by atoms with Crippen molar-refractivity contribution in [1.29, 1.82) is 0 Å². The lowest BCUT2D eigenvalue weighted by molar-refractivity contribution is -0.111. The Labute approximate surface area is 87.3 Å². The van der Waals surface area contributed by atoms with Crippen molar-refractivity contribution in [3.8, 4) is 0 Å². The Morgan fingerprint density at radius 2 is 2.31 bits per heavy atom. The third kappa shape index (κ3) is 3.31. The van der Waals surface area contributed by atoms with Gasteiger partial charge in [-0.3, -0.25) is 0 Å². The Balaban J connectivity index is 2.67. The zero-order valence-electron chi connectivity index (χ0n) is 7.66. The average molecular weight is 241 g/mol. The first kappa shape index (κ1) is 10.5. The van der Waals surface area contributed by atoms with E-state index in [0.717, 1.165) is 23.6 Å². The predicted octanol–water partition coefficient (Wildman–Crippen LogP) is 3.22. The number of aldehydes is 1. The Kier molecular flexibility index (Phi) is 4.16. The van der Waals surface area contributed by atoms with E-state index in [2.05, 4.69) is 28.1 Å². The predicted molar refractivity (Wildman–Crippen MR) is 57.7 cm³/mol. The monoisotopic (exact) mass is 240 g/mol. The summed E-state index contributed by atoms with van der Waals surface area (Å²) in [5, 5.41) is 0. The fraction of sp³-hybridized carbons (Fsp3) is 0.364. The molecule has 13 heavy (non-hydrogen) atoms. The molecule has 1 atom stereocenters. The summed E-state index contributed by atoms with van der Waals surface area (Å²) in [6.45, 7) is 2.04. The van der Waals surface area contributed by atoms with Gasteiger partial charge in [-0.1, -0.05) is 35.0 Å². The van der Waals surface area contributed by atoms with Crippen molar-refractivity contribution in [3.63, 3.8) is 0 Å². The highest BCUT2D eigenvalue weighted by Crippen LogP contribution is 2.15. The Bertz CT molecular complexity index is 283. The molecular formula is C11H13BrO. The molecule has 0 amide bonds. The standard InChI is InChI=1S/C11H13BrO/c1-2-9(8-13)6-10-4-3-5-11(12)7-10/h3-5,7-9H,2,6H2,1H3. The van der Waals surface area contributed by atoms with Crippen LogP contribution in [0.25, 0.3) is 0 Å². The van der Waals surface area contributed by atoms with Crippen LogP contribution >= 0.6 is 15.9 Å². The topological polar surface area (TPSA) is 17.1 Å². The number of halogens is 1. The molecule has 1 rings (SSSR count). The highest BCUT2D eigenvalue weighted by molar-refractivity contribution is 9.10. The summed E-state index contributed by atoms with van der Waals surface area (Å²) < 4.78 is 1.07. The van der Waals surface area contributed by atoms with Gasteiger partial charge in [0.15, 0.2) is 0 Å². The van der Waals surface area contributed by atoms with Gasteiger partial charge in [-0.05, 0) is 30.5 Å². The molecule has 2 heteroatoms. The molecule has 0 aliphatic heterocycles. The van der Waals surface area contributed by atoms with E-state index in [0.29, 0.717) is 0 Å². The van der Waals surface area contributed by atoms with Crippen LogP contribution in [-0.2, 0) is 11.2 Å². The van der Waals surface area contributed by atoms with Gasteiger partial charge < -0.3 is 4.79 Å². The van der Waals surface area contributed by atoms with Gasteiger partial charge in [0.05, 0.1) is 0 Å². The molecular weight excluding hydrogens is 228 g/mol. The van der Waals surface area contributed by atoms with E-state index in [1.807, 2.05) is 19.1 Å². The van der Waals surface area contributed by atoms with Crippen molar-refractivity contribution in [2.45, 2.75) is 19.8 Å². The summed E-state index contributed by atoms with van der Waals surface area (Å²) in [5.74, 6) is 0.161. The lowest BCUT2D eigenvalue weighted by atomic mass is 9.99. The minimum atomic E-state index is 0.161. The van der Waals surface area contributed by atoms with E-state index >= 15 is 0 Å². The van der Waals surface area contributed by atoms with E-state index in [1.165, 1.54) is 5.56 Å². The molecule has 0 N–H and O–H groups in total. The average Bonchev–Trinajstić information content (AvgIpc) is 2.14. The third-order valence-electron chi connectivity index (χ3n) is 2.10. The summed E-state index contributed by atoms with van der Waals surface area (Å²) in [6.07, 6.45) is 2.80. The second kappa shape index (κ2) is 5.18. The molecule has 1 unspecified atom stereocenters. The zero-order chi connectivity index (χ0) is 9.68. The summed E-state index contributed by atoms with van der Waals surface area (Å²) in [7, 11) is 0. The summed E-state index contributed by atoms with van der Waals surface area (Å²) in [5.41, 5.74) is 1.22. The van der Waals surface area contributed by atoms with E-state index in [4.69, 9.17) is 0 Å². The highest BCUT2D eigenvalue weighted by Gasteiger charge is 2.05. The van der Waals surface area contributed by atoms with Gasteiger partial charge in [0.2, 0.25) is 0 Å². The lowest BCUT2D eigenvalue weighted by Crippen LogP contribution is -2.04. The molecule has 70 valence electrons. The first-order chi connectivity index (χ1) is 6.26. The largest absolute Gasteiger partial charge is 0.303 e. The highest BCUT2D eigenvalue weighted by atomic mass is 79.9. The molecule has 0 saturated heterocycles. The minimum Gasteiger partial charge on any atom is -0.303 e. The van der Waals surface area contributed by atoms with Crippen LogP contribution in [0, 0.1) is 5.92 Å². The van der Waals surface area contributed by atoms with E-state index in [-0.39, 0.29) is 5.92 Å². The number of hydrogen-bond donors (Lipinski definition) is 0. The quantitative estimate of drug-likeness (QED) is 0.739. The van der Waals surface area contributed by atoms with Gasteiger partial charge in [0.1, 0.15) is 6.29 Å². The second-order valence-corrected chi connectivity index (χ2v) is 4.05. The fourth-order valence-corrected chi connectivity index (χ4v) is 1.70. The normalized spacial score (nSPS) is 12.5. The van der Waals surface area contributed by atoms with Crippen molar-refractivity contribution in [2.24, 2.45) is 5.92 Å². The maximum Gasteiger partial charge on any atom is 0.123 e. The van der Waals surface area contributed by atoms with Crippen molar-refractivity contribution < 1.29 is 4.79 Å². The van der Waals surface area contributed by atoms with Crippen molar-refractivity contribution >= 4 is 22.2 Å². The molecule has 0 spiro atoms.